The number of carbonyl (C=O) groups excluding carboxylic acids is 1. The molecule has 1 aromatic rings. The van der Waals surface area contributed by atoms with Crippen molar-refractivity contribution in [2.75, 3.05) is 11.9 Å². The van der Waals surface area contributed by atoms with Gasteiger partial charge in [0, 0.05) is 12.7 Å². The molecule has 0 aromatic heterocycles. The molecule has 0 heterocycles. The minimum absolute atomic E-state index is 0.283. The van der Waals surface area contributed by atoms with E-state index in [1.165, 1.54) is 19.2 Å². The van der Waals surface area contributed by atoms with Gasteiger partial charge >= 0.3 is 5.97 Å². The number of carbonyl (C=O) groups is 2. The van der Waals surface area contributed by atoms with Crippen LogP contribution in [-0.4, -0.2) is 38.1 Å². The first-order chi connectivity index (χ1) is 12.3. The number of nitrogens with zero attached hydrogens (tertiary/aromatic N) is 1. The van der Waals surface area contributed by atoms with Crippen LogP contribution in [0.4, 0.5) is 10.1 Å². The lowest BCUT2D eigenvalue weighted by Crippen LogP contribution is -2.50. The third kappa shape index (κ3) is 2.49. The molecule has 2 bridgehead atoms. The molecule has 27 heavy (non-hydrogen) atoms. The summed E-state index contributed by atoms with van der Waals surface area (Å²) in [7, 11) is 1.37. The number of allylic oxidation sites excluding steroid dienone is 2. The van der Waals surface area contributed by atoms with Crippen molar-refractivity contribution in [2.24, 2.45) is 11.8 Å². The standard InChI is InChI=1S/C16H10Cl6FNO3/c1-24(7-4-2-6(23)3-5-7)12(25)8-9(13(26)27)15(20)11(18)10(17)14(8,19)16(15,21)22/h2-5,8-9H,1H3,(H,26,27)/t8-,9+,14-,15-/m0/s1. The average molecular weight is 496 g/mol. The Morgan fingerprint density at radius 3 is 1.89 bits per heavy atom. The van der Waals surface area contributed by atoms with Gasteiger partial charge in [0.25, 0.3) is 0 Å². The lowest BCUT2D eigenvalue weighted by atomic mass is 9.81. The van der Waals surface area contributed by atoms with Gasteiger partial charge in [-0.15, -0.1) is 23.2 Å². The Balaban J connectivity index is 2.15. The summed E-state index contributed by atoms with van der Waals surface area (Å²) in [5.41, 5.74) is 0.290. The summed E-state index contributed by atoms with van der Waals surface area (Å²) >= 11 is 38.1. The molecule has 0 saturated heterocycles. The molecule has 11 heteroatoms. The van der Waals surface area contributed by atoms with E-state index >= 15 is 0 Å². The smallest absolute Gasteiger partial charge is 0.309 e. The first-order valence-electron chi connectivity index (χ1n) is 7.41. The number of halogens is 7. The molecule has 146 valence electrons. The number of rotatable bonds is 3. The minimum Gasteiger partial charge on any atom is -0.481 e. The first kappa shape index (κ1) is 21.3. The number of carboxylic acid groups (broad SMARTS) is 1. The summed E-state index contributed by atoms with van der Waals surface area (Å²) in [5, 5.41) is 9.16. The van der Waals surface area contributed by atoms with Crippen LogP contribution in [0.1, 0.15) is 0 Å². The fourth-order valence-corrected chi connectivity index (χ4v) is 6.54. The monoisotopic (exact) mass is 493 g/mol. The predicted molar refractivity (Wildman–Crippen MR) is 105 cm³/mol. The van der Waals surface area contributed by atoms with Crippen molar-refractivity contribution < 1.29 is 19.1 Å². The molecule has 0 spiro atoms. The summed E-state index contributed by atoms with van der Waals surface area (Å²) in [4.78, 5) is 22.1. The number of hydrogen-bond donors (Lipinski definition) is 1. The van der Waals surface area contributed by atoms with Gasteiger partial charge in [0.05, 0.1) is 21.9 Å². The summed E-state index contributed by atoms with van der Waals surface area (Å²) in [6, 6.07) is 4.97. The highest BCUT2D eigenvalue weighted by atomic mass is 35.5. The Morgan fingerprint density at radius 1 is 1.00 bits per heavy atom. The quantitative estimate of drug-likeness (QED) is 0.604. The van der Waals surface area contributed by atoms with Gasteiger partial charge in [-0.2, -0.15) is 0 Å². The number of hydrogen-bond acceptors (Lipinski definition) is 2. The highest BCUT2D eigenvalue weighted by molar-refractivity contribution is 6.66. The van der Waals surface area contributed by atoms with Crippen molar-refractivity contribution in [1.29, 1.82) is 0 Å². The fourth-order valence-electron chi connectivity index (χ4n) is 3.61. The number of carboxylic acids is 1. The molecule has 3 rings (SSSR count). The van der Waals surface area contributed by atoms with E-state index in [-0.39, 0.29) is 15.8 Å². The van der Waals surface area contributed by atoms with Crippen molar-refractivity contribution in [2.45, 2.75) is 14.1 Å². The van der Waals surface area contributed by atoms with Gasteiger partial charge in [-0.3, -0.25) is 9.59 Å². The maximum atomic E-state index is 13.2. The van der Waals surface area contributed by atoms with Crippen LogP contribution in [0.15, 0.2) is 34.3 Å². The Kier molecular flexibility index (Phi) is 5.16. The molecule has 1 aromatic carbocycles. The Hall–Kier alpha value is -0.430. The Labute approximate surface area is 183 Å². The first-order valence-corrected chi connectivity index (χ1v) is 9.68. The van der Waals surface area contributed by atoms with Gasteiger partial charge in [-0.25, -0.2) is 4.39 Å². The van der Waals surface area contributed by atoms with E-state index in [1.807, 2.05) is 0 Å². The second-order valence-corrected chi connectivity index (χ2v) is 9.57. The van der Waals surface area contributed by atoms with Gasteiger partial charge in [0.15, 0.2) is 4.33 Å². The summed E-state index contributed by atoms with van der Waals surface area (Å²) < 4.78 is 11.0. The van der Waals surface area contributed by atoms with E-state index in [0.717, 1.165) is 17.0 Å². The van der Waals surface area contributed by atoms with Gasteiger partial charge in [-0.05, 0) is 24.3 Å². The second kappa shape index (κ2) is 6.54. The van der Waals surface area contributed by atoms with Gasteiger partial charge in [-0.1, -0.05) is 46.4 Å². The SMILES string of the molecule is CN(C(=O)[C@@H]1[C@H](C(=O)O)[C@]2(Cl)C(Cl)=C(Cl)[C@]1(Cl)C2(Cl)Cl)c1ccc(F)cc1. The molecule has 0 radical (unpaired) electrons. The molecule has 1 saturated carbocycles. The van der Waals surface area contributed by atoms with Crippen LogP contribution < -0.4 is 4.90 Å². The predicted octanol–water partition coefficient (Wildman–Crippen LogP) is 4.95. The normalized spacial score (nSPS) is 34.1. The Morgan fingerprint density at radius 2 is 1.44 bits per heavy atom. The highest BCUT2D eigenvalue weighted by Crippen LogP contribution is 2.76. The van der Waals surface area contributed by atoms with E-state index in [2.05, 4.69) is 0 Å². The molecule has 4 atom stereocenters. The maximum absolute atomic E-state index is 13.2. The van der Waals surface area contributed by atoms with Crippen molar-refractivity contribution in [3.8, 4) is 0 Å². The van der Waals surface area contributed by atoms with Gasteiger partial charge in [0.2, 0.25) is 5.91 Å². The van der Waals surface area contributed by atoms with Crippen molar-refractivity contribution in [3.63, 3.8) is 0 Å². The lowest BCUT2D eigenvalue weighted by Gasteiger charge is -2.35. The number of anilines is 1. The lowest BCUT2D eigenvalue weighted by molar-refractivity contribution is -0.146. The third-order valence-electron chi connectivity index (χ3n) is 5.01. The second-order valence-electron chi connectivity index (χ2n) is 6.29. The molecule has 2 aliphatic rings. The van der Waals surface area contributed by atoms with Crippen LogP contribution in [-0.2, 0) is 9.59 Å². The van der Waals surface area contributed by atoms with E-state index in [4.69, 9.17) is 69.6 Å². The van der Waals surface area contributed by atoms with Crippen LogP contribution in [0.3, 0.4) is 0 Å². The summed E-state index contributed by atoms with van der Waals surface area (Å²) in [6.45, 7) is 0. The highest BCUT2D eigenvalue weighted by Gasteiger charge is 2.85. The zero-order valence-electron chi connectivity index (χ0n) is 13.3. The van der Waals surface area contributed by atoms with Crippen LogP contribution in [0.25, 0.3) is 0 Å². The van der Waals surface area contributed by atoms with Gasteiger partial charge < -0.3 is 10.0 Å². The number of fused-ring (bicyclic) bond motifs is 2. The van der Waals surface area contributed by atoms with Gasteiger partial charge in [0.1, 0.15) is 15.6 Å². The van der Waals surface area contributed by atoms with Crippen molar-refractivity contribution in [3.05, 3.63) is 40.1 Å². The minimum atomic E-state index is -2.18. The number of alkyl halides is 4. The number of aliphatic carboxylic acids is 1. The van der Waals surface area contributed by atoms with Crippen LogP contribution in [0.2, 0.25) is 0 Å². The molecule has 0 unspecified atom stereocenters. The maximum Gasteiger partial charge on any atom is 0.309 e. The van der Waals surface area contributed by atoms with Crippen LogP contribution in [0.5, 0.6) is 0 Å². The van der Waals surface area contributed by atoms with Crippen molar-refractivity contribution >= 4 is 87.2 Å². The van der Waals surface area contributed by atoms with Crippen LogP contribution >= 0.6 is 69.6 Å². The van der Waals surface area contributed by atoms with E-state index in [9.17, 15) is 19.1 Å². The van der Waals surface area contributed by atoms with Crippen molar-refractivity contribution in [1.82, 2.24) is 0 Å². The molecule has 4 nitrogen and oxygen atoms in total. The van der Waals surface area contributed by atoms with E-state index in [1.54, 1.807) is 0 Å². The molecular formula is C16H10Cl6FNO3. The summed E-state index contributed by atoms with van der Waals surface area (Å²) in [6.07, 6.45) is 0. The average Bonchev–Trinajstić information content (AvgIpc) is 2.81. The number of benzene rings is 1. The molecule has 1 amide bonds. The largest absolute Gasteiger partial charge is 0.481 e. The molecule has 0 aliphatic heterocycles. The topological polar surface area (TPSA) is 57.6 Å². The van der Waals surface area contributed by atoms with E-state index < -0.39 is 43.6 Å². The molecule has 1 fully saturated rings. The molecular weight excluding hydrogens is 486 g/mol. The Bertz CT molecular complexity index is 875. The third-order valence-corrected chi connectivity index (χ3v) is 9.27. The molecule has 1 N–H and O–H groups in total. The zero-order valence-corrected chi connectivity index (χ0v) is 17.9. The fraction of sp³-hybridized carbons (Fsp3) is 0.375. The zero-order chi connectivity index (χ0) is 20.5. The summed E-state index contributed by atoms with van der Waals surface area (Å²) in [5.74, 6) is -5.92. The molecule has 2 aliphatic carbocycles. The van der Waals surface area contributed by atoms with Crippen LogP contribution in [0, 0.1) is 17.7 Å². The number of amides is 1. The van der Waals surface area contributed by atoms with E-state index in [0.29, 0.717) is 0 Å².